The molecule has 0 saturated heterocycles. The first-order valence-corrected chi connectivity index (χ1v) is 3.57. The van der Waals surface area contributed by atoms with Gasteiger partial charge in [-0.05, 0) is 0 Å². The maximum absolute atomic E-state index is 10.7. The van der Waals surface area contributed by atoms with E-state index in [1.165, 1.54) is 6.92 Å². The van der Waals surface area contributed by atoms with Gasteiger partial charge < -0.3 is 0 Å². The van der Waals surface area contributed by atoms with E-state index < -0.39 is 0 Å². The quantitative estimate of drug-likeness (QED) is 0.591. The minimum absolute atomic E-state index is 0.183. The number of halogens is 1. The Morgan fingerprint density at radius 2 is 1.91 bits per heavy atom. The summed E-state index contributed by atoms with van der Waals surface area (Å²) in [5, 5.41) is 0. The van der Waals surface area contributed by atoms with Gasteiger partial charge in [0.2, 0.25) is 17.5 Å². The minimum atomic E-state index is -0.183. The van der Waals surface area contributed by atoms with E-state index in [9.17, 15) is 4.79 Å². The molecule has 0 saturated carbocycles. The van der Waals surface area contributed by atoms with Crippen molar-refractivity contribution in [2.24, 2.45) is 0 Å². The summed E-state index contributed by atoms with van der Waals surface area (Å²) >= 11 is 5.62. The summed E-state index contributed by atoms with van der Waals surface area (Å²) in [6, 6.07) is 9.07. The number of nitrogens with zero attached hydrogens (tertiary/aromatic N) is 1. The van der Waals surface area contributed by atoms with Gasteiger partial charge in [0.15, 0.2) is 0 Å². The Labute approximate surface area is 70.5 Å². The smallest absolute Gasteiger partial charge is 0.223 e. The van der Waals surface area contributed by atoms with Gasteiger partial charge >= 0.3 is 5.91 Å². The summed E-state index contributed by atoms with van der Waals surface area (Å²) in [6.07, 6.45) is 0. The van der Waals surface area contributed by atoms with Gasteiger partial charge in [0.1, 0.15) is 0 Å². The minimum Gasteiger partial charge on any atom is -0.223 e. The van der Waals surface area contributed by atoms with Crippen LogP contribution in [0.4, 0.5) is 5.69 Å². The molecule has 1 radical (unpaired) electrons. The van der Waals surface area contributed by atoms with Crippen molar-refractivity contribution in [3.8, 4) is 0 Å². The van der Waals surface area contributed by atoms with Crippen LogP contribution in [-0.4, -0.2) is 5.91 Å². The van der Waals surface area contributed by atoms with Crippen molar-refractivity contribution in [2.75, 3.05) is 0 Å². The first kappa shape index (κ1) is 8.24. The Morgan fingerprint density at radius 1 is 1.36 bits per heavy atom. The van der Waals surface area contributed by atoms with Crippen molar-refractivity contribution in [3.05, 3.63) is 30.3 Å². The van der Waals surface area contributed by atoms with Crippen LogP contribution in [0.25, 0.3) is 0 Å². The monoisotopic (exact) mass is 169 g/mol. The maximum atomic E-state index is 10.7. The molecule has 0 atom stereocenters. The third kappa shape index (κ3) is 2.03. The number of rotatable bonds is 1. The van der Waals surface area contributed by atoms with E-state index in [0.717, 1.165) is 4.42 Å². The Balaban J connectivity index is 2.85. The van der Waals surface area contributed by atoms with Crippen LogP contribution in [0.1, 0.15) is 6.92 Å². The lowest BCUT2D eigenvalue weighted by atomic mass is 10.3. The molecule has 0 N–H and O–H groups in total. The summed E-state index contributed by atoms with van der Waals surface area (Å²) in [7, 11) is 0. The molecular weight excluding hydrogens is 162 g/mol. The SMILES string of the molecule is CC(=O)[N+](Cl)c1ccccc1. The van der Waals surface area contributed by atoms with E-state index in [4.69, 9.17) is 11.8 Å². The first-order chi connectivity index (χ1) is 5.22. The van der Waals surface area contributed by atoms with E-state index in [-0.39, 0.29) is 5.91 Å². The fourth-order valence-electron chi connectivity index (χ4n) is 0.741. The maximum Gasteiger partial charge on any atom is 0.383 e. The van der Waals surface area contributed by atoms with E-state index in [0.29, 0.717) is 5.69 Å². The van der Waals surface area contributed by atoms with Crippen molar-refractivity contribution in [3.63, 3.8) is 0 Å². The fourth-order valence-corrected chi connectivity index (χ4v) is 0.853. The van der Waals surface area contributed by atoms with Gasteiger partial charge in [0, 0.05) is 12.1 Å². The number of benzene rings is 1. The standard InChI is InChI=1S/C8H8ClNO/c1-7(11)10(9)8-5-3-2-4-6-8/h2-6H,1H3/q+1. The van der Waals surface area contributed by atoms with Gasteiger partial charge in [-0.1, -0.05) is 18.2 Å². The van der Waals surface area contributed by atoms with Crippen molar-refractivity contribution in [1.82, 2.24) is 4.42 Å². The summed E-state index contributed by atoms with van der Waals surface area (Å²) in [4.78, 5) is 10.7. The zero-order valence-corrected chi connectivity index (χ0v) is 6.88. The van der Waals surface area contributed by atoms with Crippen LogP contribution in [-0.2, 0) is 4.79 Å². The molecule has 0 aliphatic rings. The normalized spacial score (nSPS) is 10.1. The fraction of sp³-hybridized carbons (Fsp3) is 0.125. The van der Waals surface area contributed by atoms with Gasteiger partial charge in [-0.3, -0.25) is 0 Å². The topological polar surface area (TPSA) is 23.0 Å². The third-order valence-corrected chi connectivity index (χ3v) is 1.69. The molecule has 11 heavy (non-hydrogen) atoms. The Morgan fingerprint density at radius 3 is 2.36 bits per heavy atom. The van der Waals surface area contributed by atoms with Crippen molar-refractivity contribution >= 4 is 23.4 Å². The molecule has 0 aliphatic carbocycles. The average molecular weight is 170 g/mol. The molecule has 0 aromatic heterocycles. The highest BCUT2D eigenvalue weighted by Crippen LogP contribution is 2.14. The van der Waals surface area contributed by atoms with E-state index >= 15 is 0 Å². The molecule has 0 spiro atoms. The molecule has 2 nitrogen and oxygen atoms in total. The zero-order valence-electron chi connectivity index (χ0n) is 6.12. The summed E-state index contributed by atoms with van der Waals surface area (Å²) in [5.74, 6) is -0.183. The van der Waals surface area contributed by atoms with E-state index in [1.54, 1.807) is 12.1 Å². The van der Waals surface area contributed by atoms with Crippen LogP contribution < -0.4 is 4.42 Å². The molecular formula is C8H8ClNO+. The summed E-state index contributed by atoms with van der Waals surface area (Å²) < 4.78 is 1.08. The molecule has 1 amide bonds. The molecule has 1 aromatic rings. The number of anilines is 1. The lowest BCUT2D eigenvalue weighted by Gasteiger charge is -1.93. The Kier molecular flexibility index (Phi) is 2.63. The summed E-state index contributed by atoms with van der Waals surface area (Å²) in [6.45, 7) is 1.42. The van der Waals surface area contributed by atoms with Crippen LogP contribution in [0.5, 0.6) is 0 Å². The molecule has 1 aromatic carbocycles. The van der Waals surface area contributed by atoms with Crippen LogP contribution >= 0.6 is 11.8 Å². The number of carbonyl (C=O) groups excluding carboxylic acids is 1. The van der Waals surface area contributed by atoms with Crippen LogP contribution in [0, 0.1) is 0 Å². The van der Waals surface area contributed by atoms with Gasteiger partial charge in [0.25, 0.3) is 0 Å². The van der Waals surface area contributed by atoms with Crippen molar-refractivity contribution < 1.29 is 4.79 Å². The van der Waals surface area contributed by atoms with Crippen LogP contribution in [0.3, 0.4) is 0 Å². The first-order valence-electron chi connectivity index (χ1n) is 3.23. The van der Waals surface area contributed by atoms with E-state index in [1.807, 2.05) is 18.2 Å². The lowest BCUT2D eigenvalue weighted by Crippen LogP contribution is -2.17. The number of carbonyl (C=O) groups is 1. The molecule has 0 bridgehead atoms. The number of amides is 1. The Hall–Kier alpha value is -0.860. The predicted molar refractivity (Wildman–Crippen MR) is 44.8 cm³/mol. The largest absolute Gasteiger partial charge is 0.383 e. The summed E-state index contributed by atoms with van der Waals surface area (Å²) in [5.41, 5.74) is 0.696. The van der Waals surface area contributed by atoms with Gasteiger partial charge in [-0.15, -0.1) is 0 Å². The van der Waals surface area contributed by atoms with Gasteiger partial charge in [-0.25, -0.2) is 4.79 Å². The van der Waals surface area contributed by atoms with Gasteiger partial charge in [-0.2, -0.15) is 0 Å². The molecule has 0 aliphatic heterocycles. The van der Waals surface area contributed by atoms with Crippen LogP contribution in [0.2, 0.25) is 0 Å². The Bertz CT molecular complexity index is 248. The molecule has 57 valence electrons. The second-order valence-corrected chi connectivity index (χ2v) is 2.47. The molecule has 1 rings (SSSR count). The number of para-hydroxylation sites is 1. The highest BCUT2D eigenvalue weighted by molar-refractivity contribution is 6.27. The molecule has 0 heterocycles. The lowest BCUT2D eigenvalue weighted by molar-refractivity contribution is -0.119. The second kappa shape index (κ2) is 3.51. The third-order valence-electron chi connectivity index (χ3n) is 1.26. The van der Waals surface area contributed by atoms with Crippen LogP contribution in [0.15, 0.2) is 30.3 Å². The predicted octanol–water partition coefficient (Wildman–Crippen LogP) is 2.16. The molecule has 0 unspecified atom stereocenters. The second-order valence-electron chi connectivity index (χ2n) is 2.14. The van der Waals surface area contributed by atoms with E-state index in [2.05, 4.69) is 0 Å². The number of hydrogen-bond acceptors (Lipinski definition) is 1. The molecule has 0 fully saturated rings. The van der Waals surface area contributed by atoms with Crippen molar-refractivity contribution in [2.45, 2.75) is 6.92 Å². The average Bonchev–Trinajstić information content (AvgIpc) is 2.05. The molecule has 3 heteroatoms. The highest BCUT2D eigenvalue weighted by Gasteiger charge is 2.22. The highest BCUT2D eigenvalue weighted by atomic mass is 35.5. The number of hydrogen-bond donors (Lipinski definition) is 0. The zero-order chi connectivity index (χ0) is 8.27. The van der Waals surface area contributed by atoms with Crippen molar-refractivity contribution in [1.29, 1.82) is 0 Å². The van der Waals surface area contributed by atoms with Gasteiger partial charge in [0.05, 0.1) is 11.3 Å².